The Morgan fingerprint density at radius 1 is 1.10 bits per heavy atom. The number of nitrogens with zero attached hydrogens (tertiary/aromatic N) is 2. The van der Waals surface area contributed by atoms with Gasteiger partial charge in [0.1, 0.15) is 0 Å². The molecule has 0 atom stereocenters. The highest BCUT2D eigenvalue weighted by Gasteiger charge is 2.76. The lowest BCUT2D eigenvalue weighted by molar-refractivity contribution is -0.343. The van der Waals surface area contributed by atoms with Gasteiger partial charge in [-0.1, -0.05) is 0 Å². The molecule has 1 N–H and O–H groups in total. The number of anilines is 1. The van der Waals surface area contributed by atoms with E-state index in [4.69, 9.17) is 0 Å². The van der Waals surface area contributed by atoms with Crippen molar-refractivity contribution in [1.82, 2.24) is 9.78 Å². The standard InChI is InChI=1S/C10H10F7N3O/c1-4-6(5(2)20(3)19-4)18-7(21)8(11,12)9(13,14)10(15,16)17/h1-3H3,(H,18,21). The molecule has 11 heteroatoms. The highest BCUT2D eigenvalue weighted by Crippen LogP contribution is 2.47. The van der Waals surface area contributed by atoms with Gasteiger partial charge < -0.3 is 5.32 Å². The van der Waals surface area contributed by atoms with Crippen LogP contribution in [-0.2, 0) is 11.8 Å². The molecule has 0 bridgehead atoms. The third-order valence-corrected chi connectivity index (χ3v) is 2.78. The molecular formula is C10H10F7N3O. The van der Waals surface area contributed by atoms with Crippen molar-refractivity contribution in [3.05, 3.63) is 11.4 Å². The van der Waals surface area contributed by atoms with Gasteiger partial charge in [-0.2, -0.15) is 35.8 Å². The Bertz CT molecular complexity index is 562. The molecule has 0 radical (unpaired) electrons. The number of hydrogen-bond donors (Lipinski definition) is 1. The van der Waals surface area contributed by atoms with Gasteiger partial charge in [0.05, 0.1) is 17.1 Å². The summed E-state index contributed by atoms with van der Waals surface area (Å²) >= 11 is 0. The zero-order chi connectivity index (χ0) is 16.8. The second-order valence-corrected chi connectivity index (χ2v) is 4.27. The average molecular weight is 321 g/mol. The minimum Gasteiger partial charge on any atom is -0.317 e. The van der Waals surface area contributed by atoms with Gasteiger partial charge in [-0.15, -0.1) is 0 Å². The maximum Gasteiger partial charge on any atom is 0.460 e. The predicted octanol–water partition coefficient (Wildman–Crippen LogP) is 2.81. The summed E-state index contributed by atoms with van der Waals surface area (Å²) in [5.74, 6) is -15.2. The maximum absolute atomic E-state index is 13.1. The van der Waals surface area contributed by atoms with Gasteiger partial charge in [0.25, 0.3) is 0 Å². The molecular weight excluding hydrogens is 311 g/mol. The quantitative estimate of drug-likeness (QED) is 0.870. The summed E-state index contributed by atoms with van der Waals surface area (Å²) in [6.07, 6.45) is -6.56. The largest absolute Gasteiger partial charge is 0.460 e. The van der Waals surface area contributed by atoms with Crippen LogP contribution >= 0.6 is 0 Å². The maximum atomic E-state index is 13.1. The Balaban J connectivity index is 3.14. The van der Waals surface area contributed by atoms with Crippen LogP contribution in [0.4, 0.5) is 36.4 Å². The van der Waals surface area contributed by atoms with Crippen LogP contribution in [0.15, 0.2) is 0 Å². The molecule has 120 valence electrons. The molecule has 1 aromatic rings. The minimum absolute atomic E-state index is 0.00512. The van der Waals surface area contributed by atoms with Crippen molar-refractivity contribution in [1.29, 1.82) is 0 Å². The lowest BCUT2D eigenvalue weighted by Crippen LogP contribution is -2.57. The first-order valence-corrected chi connectivity index (χ1v) is 5.37. The highest BCUT2D eigenvalue weighted by atomic mass is 19.4. The van der Waals surface area contributed by atoms with Crippen LogP contribution < -0.4 is 5.32 Å². The van der Waals surface area contributed by atoms with Crippen LogP contribution in [-0.4, -0.2) is 33.7 Å². The summed E-state index contributed by atoms with van der Waals surface area (Å²) in [5, 5.41) is 5.07. The predicted molar refractivity (Wildman–Crippen MR) is 57.3 cm³/mol. The van der Waals surface area contributed by atoms with Crippen molar-refractivity contribution in [2.75, 3.05) is 5.32 Å². The van der Waals surface area contributed by atoms with Crippen LogP contribution in [0.25, 0.3) is 0 Å². The molecule has 0 aliphatic carbocycles. The number of aryl methyl sites for hydroxylation is 2. The second-order valence-electron chi connectivity index (χ2n) is 4.27. The lowest BCUT2D eigenvalue weighted by atomic mass is 10.1. The van der Waals surface area contributed by atoms with E-state index >= 15 is 0 Å². The number of aromatic nitrogens is 2. The SMILES string of the molecule is Cc1nn(C)c(C)c1NC(=O)C(F)(F)C(F)(F)C(F)(F)F. The molecule has 0 saturated carbocycles. The molecule has 1 amide bonds. The van der Waals surface area contributed by atoms with Crippen molar-refractivity contribution in [2.45, 2.75) is 31.9 Å². The molecule has 21 heavy (non-hydrogen) atoms. The monoisotopic (exact) mass is 321 g/mol. The Hall–Kier alpha value is -1.81. The fourth-order valence-corrected chi connectivity index (χ4v) is 1.47. The van der Waals surface area contributed by atoms with E-state index in [9.17, 15) is 35.5 Å². The molecule has 4 nitrogen and oxygen atoms in total. The van der Waals surface area contributed by atoms with Gasteiger partial charge >= 0.3 is 23.9 Å². The van der Waals surface area contributed by atoms with E-state index in [-0.39, 0.29) is 17.1 Å². The lowest BCUT2D eigenvalue weighted by Gasteiger charge is -2.27. The van der Waals surface area contributed by atoms with E-state index in [1.54, 1.807) is 0 Å². The summed E-state index contributed by atoms with van der Waals surface area (Å²) in [5.41, 5.74) is -0.235. The molecule has 0 aromatic carbocycles. The zero-order valence-corrected chi connectivity index (χ0v) is 10.9. The van der Waals surface area contributed by atoms with Gasteiger partial charge in [0.2, 0.25) is 0 Å². The highest BCUT2D eigenvalue weighted by molar-refractivity contribution is 5.97. The number of halogens is 7. The summed E-state index contributed by atoms with van der Waals surface area (Å²) in [4.78, 5) is 11.2. The van der Waals surface area contributed by atoms with E-state index < -0.39 is 23.9 Å². The first kappa shape index (κ1) is 17.2. The first-order valence-electron chi connectivity index (χ1n) is 5.37. The van der Waals surface area contributed by atoms with E-state index in [1.807, 2.05) is 0 Å². The summed E-state index contributed by atoms with van der Waals surface area (Å²) < 4.78 is 88.7. The van der Waals surface area contributed by atoms with Crippen LogP contribution in [0.2, 0.25) is 0 Å². The van der Waals surface area contributed by atoms with E-state index in [0.717, 1.165) is 4.68 Å². The van der Waals surface area contributed by atoms with E-state index in [0.29, 0.717) is 0 Å². The second kappa shape index (κ2) is 4.88. The third kappa shape index (κ3) is 2.68. The van der Waals surface area contributed by atoms with Gasteiger partial charge in [0, 0.05) is 7.05 Å². The van der Waals surface area contributed by atoms with Gasteiger partial charge in [0.15, 0.2) is 0 Å². The Kier molecular flexibility index (Phi) is 4.01. The molecule has 0 saturated heterocycles. The summed E-state index contributed by atoms with van der Waals surface area (Å²) in [6.45, 7) is 2.58. The van der Waals surface area contributed by atoms with Gasteiger partial charge in [-0.05, 0) is 13.8 Å². The van der Waals surface area contributed by atoms with Crippen molar-refractivity contribution in [3.63, 3.8) is 0 Å². The average Bonchev–Trinajstić information content (AvgIpc) is 2.54. The Morgan fingerprint density at radius 3 is 1.90 bits per heavy atom. The van der Waals surface area contributed by atoms with Crippen molar-refractivity contribution in [3.8, 4) is 0 Å². The molecule has 0 fully saturated rings. The zero-order valence-electron chi connectivity index (χ0n) is 10.9. The smallest absolute Gasteiger partial charge is 0.317 e. The number of hydrogen-bond acceptors (Lipinski definition) is 2. The normalized spacial score (nSPS) is 13.4. The van der Waals surface area contributed by atoms with E-state index in [2.05, 4.69) is 5.10 Å². The molecule has 1 rings (SSSR count). The molecule has 0 unspecified atom stereocenters. The van der Waals surface area contributed by atoms with E-state index in [1.165, 1.54) is 26.2 Å². The fourth-order valence-electron chi connectivity index (χ4n) is 1.47. The number of carbonyl (C=O) groups is 1. The third-order valence-electron chi connectivity index (χ3n) is 2.78. The molecule has 1 aromatic heterocycles. The Labute approximate surface area is 113 Å². The number of rotatable bonds is 3. The van der Waals surface area contributed by atoms with Crippen LogP contribution in [0, 0.1) is 13.8 Å². The fraction of sp³-hybridized carbons (Fsp3) is 0.600. The first-order chi connectivity index (χ1) is 9.23. The molecule has 0 aliphatic heterocycles. The van der Waals surface area contributed by atoms with Crippen molar-refractivity contribution < 1.29 is 35.5 Å². The van der Waals surface area contributed by atoms with Gasteiger partial charge in [-0.25, -0.2) is 0 Å². The summed E-state index contributed by atoms with van der Waals surface area (Å²) in [6, 6.07) is 0. The van der Waals surface area contributed by atoms with Gasteiger partial charge in [-0.3, -0.25) is 9.48 Å². The van der Waals surface area contributed by atoms with Crippen LogP contribution in [0.3, 0.4) is 0 Å². The van der Waals surface area contributed by atoms with Crippen molar-refractivity contribution >= 4 is 11.6 Å². The topological polar surface area (TPSA) is 46.9 Å². The molecule has 1 heterocycles. The van der Waals surface area contributed by atoms with Crippen molar-refractivity contribution in [2.24, 2.45) is 7.05 Å². The number of carbonyl (C=O) groups excluding carboxylic acids is 1. The summed E-state index contributed by atoms with van der Waals surface area (Å²) in [7, 11) is 1.38. The number of nitrogens with one attached hydrogen (secondary N) is 1. The number of alkyl halides is 7. The Morgan fingerprint density at radius 2 is 1.57 bits per heavy atom. The molecule has 0 spiro atoms. The molecule has 0 aliphatic rings. The van der Waals surface area contributed by atoms with Crippen LogP contribution in [0.5, 0.6) is 0 Å². The van der Waals surface area contributed by atoms with Crippen LogP contribution in [0.1, 0.15) is 11.4 Å². The number of amides is 1. The minimum atomic E-state index is -6.56.